The van der Waals surface area contributed by atoms with Crippen LogP contribution in [0, 0.1) is 11.8 Å². The molecule has 0 saturated heterocycles. The Bertz CT molecular complexity index is 517. The Morgan fingerprint density at radius 2 is 2.20 bits per heavy atom. The lowest BCUT2D eigenvalue weighted by Crippen LogP contribution is -2.26. The minimum atomic E-state index is 0.0261. The van der Waals surface area contributed by atoms with Gasteiger partial charge < -0.3 is 10.6 Å². The van der Waals surface area contributed by atoms with E-state index in [2.05, 4.69) is 10.6 Å². The van der Waals surface area contributed by atoms with E-state index in [1.807, 2.05) is 25.1 Å². The second-order valence-corrected chi connectivity index (χ2v) is 6.43. The van der Waals surface area contributed by atoms with Gasteiger partial charge in [0.15, 0.2) is 0 Å². The summed E-state index contributed by atoms with van der Waals surface area (Å²) in [5.41, 5.74) is 1.75. The van der Waals surface area contributed by atoms with Gasteiger partial charge in [0.05, 0.1) is 10.7 Å². The third-order valence-electron chi connectivity index (χ3n) is 4.65. The van der Waals surface area contributed by atoms with Crippen LogP contribution >= 0.6 is 11.6 Å². The van der Waals surface area contributed by atoms with Crippen LogP contribution in [0.5, 0.6) is 0 Å². The Balaban J connectivity index is 1.71. The van der Waals surface area contributed by atoms with E-state index < -0.39 is 0 Å². The largest absolute Gasteiger partial charge is 0.381 e. The average Bonchev–Trinajstić information content (AvgIpc) is 3.05. The number of amides is 1. The average molecular weight is 293 g/mol. The molecule has 4 heteroatoms. The van der Waals surface area contributed by atoms with Crippen LogP contribution in [-0.2, 0) is 4.79 Å². The number of nitrogens with one attached hydrogen (secondary N) is 2. The maximum Gasteiger partial charge on any atom is 0.224 e. The summed E-state index contributed by atoms with van der Waals surface area (Å²) in [6, 6.07) is 6.19. The maximum absolute atomic E-state index is 11.5. The number of carbonyl (C=O) groups is 1. The summed E-state index contributed by atoms with van der Waals surface area (Å²) in [5.74, 6) is 1.72. The Morgan fingerprint density at radius 1 is 1.35 bits per heavy atom. The fraction of sp³-hybridized carbons (Fsp3) is 0.562. The first-order valence-corrected chi connectivity index (χ1v) is 7.89. The van der Waals surface area contributed by atoms with Crippen LogP contribution in [0.15, 0.2) is 18.2 Å². The van der Waals surface area contributed by atoms with E-state index in [0.29, 0.717) is 12.5 Å². The molecule has 1 aromatic carbocycles. The predicted octanol–water partition coefficient (Wildman–Crippen LogP) is 4.29. The summed E-state index contributed by atoms with van der Waals surface area (Å²) in [5, 5.41) is 7.19. The topological polar surface area (TPSA) is 41.1 Å². The van der Waals surface area contributed by atoms with Crippen molar-refractivity contribution in [3.8, 4) is 0 Å². The second kappa shape index (κ2) is 5.65. The smallest absolute Gasteiger partial charge is 0.224 e. The van der Waals surface area contributed by atoms with Gasteiger partial charge in [0.2, 0.25) is 5.91 Å². The summed E-state index contributed by atoms with van der Waals surface area (Å²) in [6.07, 6.45) is 5.83. The van der Waals surface area contributed by atoms with Gasteiger partial charge in [0.25, 0.3) is 0 Å². The number of carbonyl (C=O) groups excluding carboxylic acids is 1. The predicted molar refractivity (Wildman–Crippen MR) is 83.2 cm³/mol. The van der Waals surface area contributed by atoms with E-state index in [1.165, 1.54) is 25.7 Å². The second-order valence-electron chi connectivity index (χ2n) is 6.02. The van der Waals surface area contributed by atoms with Crippen molar-refractivity contribution in [2.45, 2.75) is 45.1 Å². The van der Waals surface area contributed by atoms with Crippen molar-refractivity contribution in [3.05, 3.63) is 23.2 Å². The minimum Gasteiger partial charge on any atom is -0.381 e. The molecular formula is C16H21ClN2O. The zero-order chi connectivity index (χ0) is 14.1. The van der Waals surface area contributed by atoms with Crippen LogP contribution in [0.25, 0.3) is 0 Å². The SMILES string of the molecule is CCC(=O)Nc1ccc(Cl)c(NC2CC3CCC2C3)c1. The number of hydrogen-bond donors (Lipinski definition) is 2. The van der Waals surface area contributed by atoms with Gasteiger partial charge in [-0.2, -0.15) is 0 Å². The molecule has 0 spiro atoms. The summed E-state index contributed by atoms with van der Waals surface area (Å²) >= 11 is 6.27. The van der Waals surface area contributed by atoms with Crippen molar-refractivity contribution in [2.75, 3.05) is 10.6 Å². The van der Waals surface area contributed by atoms with Crippen LogP contribution < -0.4 is 10.6 Å². The van der Waals surface area contributed by atoms with Crippen LogP contribution in [0.2, 0.25) is 5.02 Å². The Labute approximate surface area is 125 Å². The van der Waals surface area contributed by atoms with Gasteiger partial charge in [-0.25, -0.2) is 0 Å². The number of halogens is 1. The molecule has 2 bridgehead atoms. The van der Waals surface area contributed by atoms with E-state index >= 15 is 0 Å². The fourth-order valence-electron chi connectivity index (χ4n) is 3.58. The Hall–Kier alpha value is -1.22. The van der Waals surface area contributed by atoms with Crippen LogP contribution in [0.1, 0.15) is 39.0 Å². The number of anilines is 2. The molecule has 1 amide bonds. The van der Waals surface area contributed by atoms with Crippen molar-refractivity contribution in [2.24, 2.45) is 11.8 Å². The zero-order valence-corrected chi connectivity index (χ0v) is 12.5. The molecule has 20 heavy (non-hydrogen) atoms. The van der Waals surface area contributed by atoms with Gasteiger partial charge in [-0.15, -0.1) is 0 Å². The molecule has 3 unspecified atom stereocenters. The number of rotatable bonds is 4. The third kappa shape index (κ3) is 2.78. The van der Waals surface area contributed by atoms with Crippen molar-refractivity contribution in [3.63, 3.8) is 0 Å². The highest BCUT2D eigenvalue weighted by Gasteiger charge is 2.39. The zero-order valence-electron chi connectivity index (χ0n) is 11.8. The van der Waals surface area contributed by atoms with E-state index in [-0.39, 0.29) is 5.91 Å². The van der Waals surface area contributed by atoms with Gasteiger partial charge in [-0.05, 0) is 49.3 Å². The maximum atomic E-state index is 11.5. The summed E-state index contributed by atoms with van der Waals surface area (Å²) in [7, 11) is 0. The lowest BCUT2D eigenvalue weighted by Gasteiger charge is -2.24. The van der Waals surface area contributed by atoms with Crippen LogP contribution in [0.4, 0.5) is 11.4 Å². The molecule has 108 valence electrons. The molecule has 1 aromatic rings. The molecule has 2 aliphatic carbocycles. The molecule has 0 radical (unpaired) electrons. The highest BCUT2D eigenvalue weighted by molar-refractivity contribution is 6.33. The van der Waals surface area contributed by atoms with Crippen molar-refractivity contribution in [1.82, 2.24) is 0 Å². The Morgan fingerprint density at radius 3 is 2.85 bits per heavy atom. The molecule has 3 rings (SSSR count). The van der Waals surface area contributed by atoms with Gasteiger partial charge in [0.1, 0.15) is 0 Å². The van der Waals surface area contributed by atoms with Crippen molar-refractivity contribution < 1.29 is 4.79 Å². The van der Waals surface area contributed by atoms with E-state index in [4.69, 9.17) is 11.6 Å². The van der Waals surface area contributed by atoms with Gasteiger partial charge >= 0.3 is 0 Å². The van der Waals surface area contributed by atoms with Gasteiger partial charge in [0, 0.05) is 18.2 Å². The van der Waals surface area contributed by atoms with E-state index in [0.717, 1.165) is 28.2 Å². The lowest BCUT2D eigenvalue weighted by atomic mass is 9.95. The monoisotopic (exact) mass is 292 g/mol. The fourth-order valence-corrected chi connectivity index (χ4v) is 3.76. The molecule has 0 aromatic heterocycles. The standard InChI is InChI=1S/C16H21ClN2O/c1-2-16(20)18-12-5-6-13(17)15(9-12)19-14-8-10-3-4-11(14)7-10/h5-6,9-11,14,19H,2-4,7-8H2,1H3,(H,18,20). The first-order valence-electron chi connectivity index (χ1n) is 7.51. The van der Waals surface area contributed by atoms with Crippen LogP contribution in [0.3, 0.4) is 0 Å². The number of fused-ring (bicyclic) bond motifs is 2. The number of benzene rings is 1. The molecular weight excluding hydrogens is 272 g/mol. The van der Waals surface area contributed by atoms with Crippen molar-refractivity contribution >= 4 is 28.9 Å². The molecule has 2 aliphatic rings. The third-order valence-corrected chi connectivity index (χ3v) is 4.98. The van der Waals surface area contributed by atoms with E-state index in [1.54, 1.807) is 0 Å². The first kappa shape index (κ1) is 13.7. The molecule has 2 fully saturated rings. The lowest BCUT2D eigenvalue weighted by molar-refractivity contribution is -0.115. The molecule has 3 nitrogen and oxygen atoms in total. The molecule has 2 saturated carbocycles. The molecule has 0 heterocycles. The highest BCUT2D eigenvalue weighted by atomic mass is 35.5. The number of hydrogen-bond acceptors (Lipinski definition) is 2. The quantitative estimate of drug-likeness (QED) is 0.869. The molecule has 3 atom stereocenters. The van der Waals surface area contributed by atoms with Gasteiger partial charge in [-0.3, -0.25) is 4.79 Å². The van der Waals surface area contributed by atoms with Crippen LogP contribution in [-0.4, -0.2) is 11.9 Å². The molecule has 2 N–H and O–H groups in total. The van der Waals surface area contributed by atoms with E-state index in [9.17, 15) is 4.79 Å². The summed E-state index contributed by atoms with van der Waals surface area (Å²) in [6.45, 7) is 1.85. The van der Waals surface area contributed by atoms with Crippen molar-refractivity contribution in [1.29, 1.82) is 0 Å². The summed E-state index contributed by atoms with van der Waals surface area (Å²) < 4.78 is 0. The molecule has 0 aliphatic heterocycles. The Kier molecular flexibility index (Phi) is 3.88. The van der Waals surface area contributed by atoms with Gasteiger partial charge in [-0.1, -0.05) is 24.9 Å². The first-order chi connectivity index (χ1) is 9.65. The normalized spacial score (nSPS) is 27.6. The highest BCUT2D eigenvalue weighted by Crippen LogP contribution is 2.46. The summed E-state index contributed by atoms with van der Waals surface area (Å²) in [4.78, 5) is 11.5. The minimum absolute atomic E-state index is 0.0261.